The number of methoxy groups -OCH3 is 1. The van der Waals surface area contributed by atoms with E-state index in [1.807, 2.05) is 47.6 Å². The standard InChI is InChI=1S/C14H14N2O3.C9H12N2S.C7H15F.CH4/c1-8-4-10(12(6-15-8)9(2)17)11-5-14(18)16-7-13(11)19-3;1-5-8-9(10-6(2)3)12-7(4)11-8;1-4-6-7(3,8)5-2;/h4-7H,1-3H3,(H,16,18);5H,2H2,1,3-4H3;4-6H2,1-3H3;1H4/b;8-5+,10-9?;;. The third-order valence-corrected chi connectivity index (χ3v) is 6.51. The number of ether oxygens (including phenoxy) is 1. The minimum atomic E-state index is -0.908. The molecule has 0 radical (unpaired) electrons. The number of Topliss-reactive ketones (excluding diaryl/α,β-unsaturated/α-hetero) is 1. The molecule has 0 amide bonds. The number of rotatable bonds is 7. The van der Waals surface area contributed by atoms with Crippen molar-refractivity contribution in [1.29, 1.82) is 0 Å². The Balaban J connectivity index is 0.000000624. The molecule has 3 heterocycles. The fourth-order valence-corrected chi connectivity index (χ4v) is 4.37. The predicted octanol–water partition coefficient (Wildman–Crippen LogP) is 8.50. The molecule has 1 atom stereocenters. The molecule has 0 spiro atoms. The van der Waals surface area contributed by atoms with E-state index in [-0.39, 0.29) is 18.8 Å². The van der Waals surface area contributed by atoms with Gasteiger partial charge in [-0.25, -0.2) is 14.4 Å². The Kier molecular flexibility index (Phi) is 15.9. The normalized spacial score (nSPS) is 15.5. The van der Waals surface area contributed by atoms with Crippen molar-refractivity contribution >= 4 is 27.6 Å². The van der Waals surface area contributed by atoms with Gasteiger partial charge in [-0.05, 0) is 66.0 Å². The number of allylic oxidation sites excluding steroid dienone is 2. The molecule has 1 aliphatic heterocycles. The second-order valence-corrected chi connectivity index (χ2v) is 10.5. The van der Waals surface area contributed by atoms with Crippen molar-refractivity contribution in [2.45, 2.75) is 87.7 Å². The summed E-state index contributed by atoms with van der Waals surface area (Å²) in [5.74, 6) is 0.400. The average Bonchev–Trinajstić information content (AvgIpc) is 3.22. The van der Waals surface area contributed by atoms with E-state index >= 15 is 0 Å². The number of alkyl halides is 1. The highest BCUT2D eigenvalue weighted by Crippen LogP contribution is 2.31. The maximum Gasteiger partial charge on any atom is 0.248 e. The SMILES string of the molecule is C.C=C(C)N=C1SC(C)=N/C1=C/C.CCCC(C)(F)CC.COc1c[nH]c(=O)cc1-c1cc(C)ncc1C(C)=O. The number of pyridine rings is 2. The first-order chi connectivity index (χ1) is 18.3. The van der Waals surface area contributed by atoms with E-state index < -0.39 is 5.67 Å². The lowest BCUT2D eigenvalue weighted by molar-refractivity contribution is 0.101. The molecular weight excluding hydrogens is 527 g/mol. The molecule has 9 heteroatoms. The highest BCUT2D eigenvalue weighted by molar-refractivity contribution is 8.27. The van der Waals surface area contributed by atoms with Crippen LogP contribution in [0.15, 0.2) is 63.4 Å². The smallest absolute Gasteiger partial charge is 0.248 e. The summed E-state index contributed by atoms with van der Waals surface area (Å²) in [5.41, 5.74) is 3.10. The van der Waals surface area contributed by atoms with E-state index in [2.05, 4.69) is 26.5 Å². The van der Waals surface area contributed by atoms with Crippen LogP contribution < -0.4 is 10.3 Å². The quantitative estimate of drug-likeness (QED) is 0.336. The second-order valence-electron chi connectivity index (χ2n) is 9.28. The van der Waals surface area contributed by atoms with Crippen LogP contribution in [0.3, 0.4) is 0 Å². The molecule has 0 aromatic carbocycles. The number of H-pyrrole nitrogens is 1. The molecule has 7 nitrogen and oxygen atoms in total. The van der Waals surface area contributed by atoms with Gasteiger partial charge in [-0.1, -0.05) is 52.1 Å². The van der Waals surface area contributed by atoms with E-state index in [1.54, 1.807) is 24.8 Å². The van der Waals surface area contributed by atoms with Crippen molar-refractivity contribution in [1.82, 2.24) is 9.97 Å². The van der Waals surface area contributed by atoms with Gasteiger partial charge in [0.25, 0.3) is 0 Å². The van der Waals surface area contributed by atoms with E-state index in [0.717, 1.165) is 33.6 Å². The van der Waals surface area contributed by atoms with Gasteiger partial charge in [-0.15, -0.1) is 0 Å². The Hall–Kier alpha value is -3.33. The highest BCUT2D eigenvalue weighted by atomic mass is 32.2. The van der Waals surface area contributed by atoms with Gasteiger partial charge in [0, 0.05) is 41.0 Å². The molecule has 1 N–H and O–H groups in total. The lowest BCUT2D eigenvalue weighted by Gasteiger charge is -2.15. The van der Waals surface area contributed by atoms with Crippen LogP contribution in [0.4, 0.5) is 4.39 Å². The molecule has 0 saturated carbocycles. The molecule has 220 valence electrons. The first kappa shape index (κ1) is 36.7. The highest BCUT2D eigenvalue weighted by Gasteiger charge is 2.18. The number of carbonyl (C=O) groups excluding carboxylic acids is 1. The van der Waals surface area contributed by atoms with Crippen molar-refractivity contribution in [2.24, 2.45) is 9.98 Å². The van der Waals surface area contributed by atoms with Crippen LogP contribution in [-0.2, 0) is 0 Å². The number of nitrogens with one attached hydrogen (secondary N) is 1. The van der Waals surface area contributed by atoms with Gasteiger partial charge in [0.05, 0.1) is 17.9 Å². The number of ketones is 1. The Morgan fingerprint density at radius 1 is 1.25 bits per heavy atom. The van der Waals surface area contributed by atoms with E-state index in [0.29, 0.717) is 35.3 Å². The van der Waals surface area contributed by atoms with Gasteiger partial charge in [0.15, 0.2) is 5.78 Å². The number of halogens is 1. The number of hydrogen-bond donors (Lipinski definition) is 1. The third-order valence-electron chi connectivity index (χ3n) is 5.63. The lowest BCUT2D eigenvalue weighted by Crippen LogP contribution is -2.14. The summed E-state index contributed by atoms with van der Waals surface area (Å²) in [6, 6.07) is 3.19. The summed E-state index contributed by atoms with van der Waals surface area (Å²) in [5, 5.41) is 2.01. The fraction of sp³-hybridized carbons (Fsp3) is 0.452. The number of aryl methyl sites for hydroxylation is 1. The number of hydrogen-bond acceptors (Lipinski definition) is 7. The van der Waals surface area contributed by atoms with Crippen LogP contribution in [0.1, 0.15) is 91.2 Å². The van der Waals surface area contributed by atoms with Crippen molar-refractivity contribution in [3.05, 3.63) is 70.2 Å². The van der Waals surface area contributed by atoms with Gasteiger partial charge in [-0.2, -0.15) is 0 Å². The molecule has 40 heavy (non-hydrogen) atoms. The van der Waals surface area contributed by atoms with E-state index in [9.17, 15) is 14.0 Å². The molecule has 1 unspecified atom stereocenters. The zero-order chi connectivity index (χ0) is 29.8. The van der Waals surface area contributed by atoms with Crippen molar-refractivity contribution in [3.8, 4) is 16.9 Å². The number of nitrogens with zero attached hydrogens (tertiary/aromatic N) is 3. The summed E-state index contributed by atoms with van der Waals surface area (Å²) in [4.78, 5) is 38.4. The topological polar surface area (TPSA) is 96.8 Å². The molecule has 0 aliphatic carbocycles. The Labute approximate surface area is 243 Å². The van der Waals surface area contributed by atoms with Gasteiger partial charge < -0.3 is 9.72 Å². The van der Waals surface area contributed by atoms with Gasteiger partial charge in [0.1, 0.15) is 16.5 Å². The molecule has 0 fully saturated rings. The minimum absolute atomic E-state index is 0. The molecule has 3 rings (SSSR count). The number of thioether (sulfide) groups is 1. The zero-order valence-corrected chi connectivity index (χ0v) is 25.4. The predicted molar refractivity (Wildman–Crippen MR) is 170 cm³/mol. The molecule has 0 saturated heterocycles. The van der Waals surface area contributed by atoms with E-state index in [1.165, 1.54) is 32.5 Å². The number of aromatic amines is 1. The lowest BCUT2D eigenvalue weighted by atomic mass is 9.99. The van der Waals surface area contributed by atoms with Crippen LogP contribution in [0, 0.1) is 6.92 Å². The van der Waals surface area contributed by atoms with Crippen LogP contribution in [0.25, 0.3) is 11.1 Å². The Morgan fingerprint density at radius 2 is 1.90 bits per heavy atom. The number of carbonyl (C=O) groups is 1. The van der Waals surface area contributed by atoms with Gasteiger partial charge in [0.2, 0.25) is 5.56 Å². The molecular formula is C31H45FN4O3S. The second kappa shape index (κ2) is 17.4. The number of aliphatic imine (C=N–C) groups is 2. The Morgan fingerprint density at radius 3 is 2.38 bits per heavy atom. The van der Waals surface area contributed by atoms with Gasteiger partial charge in [-0.3, -0.25) is 14.6 Å². The van der Waals surface area contributed by atoms with Crippen molar-refractivity contribution in [3.63, 3.8) is 0 Å². The summed E-state index contributed by atoms with van der Waals surface area (Å²) < 4.78 is 18.0. The largest absolute Gasteiger partial charge is 0.495 e. The first-order valence-corrected chi connectivity index (χ1v) is 13.7. The third kappa shape index (κ3) is 11.8. The molecule has 1 aliphatic rings. The molecule has 2 aromatic rings. The molecule has 2 aromatic heterocycles. The first-order valence-electron chi connectivity index (χ1n) is 12.9. The summed E-state index contributed by atoms with van der Waals surface area (Å²) in [6.45, 7) is 18.4. The van der Waals surface area contributed by atoms with Crippen LogP contribution in [-0.4, -0.2) is 38.6 Å². The zero-order valence-electron chi connectivity index (χ0n) is 24.6. The monoisotopic (exact) mass is 572 g/mol. The Bertz CT molecular complexity index is 1310. The minimum Gasteiger partial charge on any atom is -0.495 e. The van der Waals surface area contributed by atoms with Crippen molar-refractivity contribution in [2.75, 3.05) is 7.11 Å². The summed E-state index contributed by atoms with van der Waals surface area (Å²) in [6.07, 6.45) is 7.25. The van der Waals surface area contributed by atoms with Crippen molar-refractivity contribution < 1.29 is 13.9 Å². The number of aromatic nitrogens is 2. The summed E-state index contributed by atoms with van der Waals surface area (Å²) >= 11 is 1.60. The molecule has 0 bridgehead atoms. The van der Waals surface area contributed by atoms with Crippen LogP contribution >= 0.6 is 11.8 Å². The maximum atomic E-state index is 12.8. The van der Waals surface area contributed by atoms with Crippen LogP contribution in [0.5, 0.6) is 5.75 Å². The summed E-state index contributed by atoms with van der Waals surface area (Å²) in [7, 11) is 1.51. The average molecular weight is 573 g/mol. The van der Waals surface area contributed by atoms with Gasteiger partial charge >= 0.3 is 0 Å². The maximum absolute atomic E-state index is 12.8. The fourth-order valence-electron chi connectivity index (χ4n) is 3.47. The van der Waals surface area contributed by atoms with E-state index in [4.69, 9.17) is 4.74 Å². The van der Waals surface area contributed by atoms with Crippen LogP contribution in [0.2, 0.25) is 0 Å².